The second kappa shape index (κ2) is 8.85. The topological polar surface area (TPSA) is 62.7 Å². The van der Waals surface area contributed by atoms with Gasteiger partial charge in [-0.25, -0.2) is 5.43 Å². The smallest absolute Gasteiger partial charge is 0.259 e. The Kier molecular flexibility index (Phi) is 6.05. The molecule has 0 aromatic heterocycles. The zero-order valence-electron chi connectivity index (χ0n) is 15.5. The first kappa shape index (κ1) is 18.5. The third kappa shape index (κ3) is 4.85. The molecule has 0 bridgehead atoms. The van der Waals surface area contributed by atoms with Crippen LogP contribution in [0.25, 0.3) is 10.8 Å². The lowest BCUT2D eigenvalue weighted by atomic mass is 10.0. The summed E-state index contributed by atoms with van der Waals surface area (Å²) < 4.78 is 5.70. The Morgan fingerprint density at radius 3 is 2.63 bits per heavy atom. The lowest BCUT2D eigenvalue weighted by Gasteiger charge is -2.10. The molecule has 3 rings (SSSR count). The SMILES string of the molecule is CCOc1ccc2ccccc2c1/C=N\NC(=O)CNc1ccc(C)cc1. The molecule has 138 valence electrons. The van der Waals surface area contributed by atoms with Crippen LogP contribution in [0.2, 0.25) is 0 Å². The van der Waals surface area contributed by atoms with Crippen LogP contribution in [0.15, 0.2) is 65.8 Å². The number of ether oxygens (including phenoxy) is 1. The molecule has 1 amide bonds. The lowest BCUT2D eigenvalue weighted by Crippen LogP contribution is -2.25. The van der Waals surface area contributed by atoms with E-state index >= 15 is 0 Å². The molecule has 0 unspecified atom stereocenters. The largest absolute Gasteiger partial charge is 0.493 e. The molecule has 0 atom stereocenters. The number of nitrogens with zero attached hydrogens (tertiary/aromatic N) is 1. The van der Waals surface area contributed by atoms with Gasteiger partial charge in [0.15, 0.2) is 0 Å². The van der Waals surface area contributed by atoms with Crippen molar-refractivity contribution in [2.75, 3.05) is 18.5 Å². The molecule has 0 spiro atoms. The number of carbonyl (C=O) groups is 1. The van der Waals surface area contributed by atoms with Crippen LogP contribution < -0.4 is 15.5 Å². The number of benzene rings is 3. The molecule has 0 saturated heterocycles. The van der Waals surface area contributed by atoms with Crippen molar-refractivity contribution in [3.63, 3.8) is 0 Å². The number of rotatable bonds is 7. The second-order valence-corrected chi connectivity index (χ2v) is 6.14. The van der Waals surface area contributed by atoms with Gasteiger partial charge in [0.25, 0.3) is 5.91 Å². The first-order valence-electron chi connectivity index (χ1n) is 8.94. The highest BCUT2D eigenvalue weighted by Crippen LogP contribution is 2.26. The number of hydrazone groups is 1. The van der Waals surface area contributed by atoms with E-state index in [1.165, 1.54) is 5.56 Å². The number of anilines is 1. The van der Waals surface area contributed by atoms with E-state index in [4.69, 9.17) is 4.74 Å². The third-order valence-electron chi connectivity index (χ3n) is 4.12. The van der Waals surface area contributed by atoms with Crippen LogP contribution in [0, 0.1) is 6.92 Å². The normalized spacial score (nSPS) is 10.9. The van der Waals surface area contributed by atoms with Crippen LogP contribution >= 0.6 is 0 Å². The van der Waals surface area contributed by atoms with E-state index in [0.717, 1.165) is 27.8 Å². The van der Waals surface area contributed by atoms with Gasteiger partial charge in [-0.15, -0.1) is 0 Å². The molecule has 0 aliphatic carbocycles. The molecule has 0 heterocycles. The predicted molar refractivity (Wildman–Crippen MR) is 111 cm³/mol. The van der Waals surface area contributed by atoms with E-state index in [9.17, 15) is 4.79 Å². The predicted octanol–water partition coefficient (Wildman–Crippen LogP) is 4.11. The summed E-state index contributed by atoms with van der Waals surface area (Å²) >= 11 is 0. The summed E-state index contributed by atoms with van der Waals surface area (Å²) in [6.07, 6.45) is 1.64. The molecule has 0 radical (unpaired) electrons. The van der Waals surface area contributed by atoms with E-state index in [1.54, 1.807) is 6.21 Å². The molecular formula is C22H23N3O2. The Bertz CT molecular complexity index is 949. The maximum atomic E-state index is 12.0. The molecule has 2 N–H and O–H groups in total. The Morgan fingerprint density at radius 2 is 1.85 bits per heavy atom. The van der Waals surface area contributed by atoms with Gasteiger partial charge in [-0.2, -0.15) is 5.10 Å². The number of nitrogens with one attached hydrogen (secondary N) is 2. The van der Waals surface area contributed by atoms with Gasteiger partial charge in [-0.3, -0.25) is 4.79 Å². The van der Waals surface area contributed by atoms with Gasteiger partial charge in [0.2, 0.25) is 0 Å². The summed E-state index contributed by atoms with van der Waals surface area (Å²) in [5.41, 5.74) is 5.48. The number of fused-ring (bicyclic) bond motifs is 1. The molecule has 5 nitrogen and oxygen atoms in total. The Morgan fingerprint density at radius 1 is 1.07 bits per heavy atom. The van der Waals surface area contributed by atoms with Crippen molar-refractivity contribution >= 4 is 28.6 Å². The van der Waals surface area contributed by atoms with Gasteiger partial charge in [-0.1, -0.05) is 48.0 Å². The molecule has 3 aromatic carbocycles. The highest BCUT2D eigenvalue weighted by molar-refractivity contribution is 6.02. The van der Waals surface area contributed by atoms with Gasteiger partial charge in [-0.05, 0) is 42.8 Å². The van der Waals surface area contributed by atoms with Gasteiger partial charge in [0.05, 0.1) is 19.4 Å². The zero-order valence-corrected chi connectivity index (χ0v) is 15.5. The van der Waals surface area contributed by atoms with Crippen molar-refractivity contribution in [3.8, 4) is 5.75 Å². The average Bonchev–Trinajstić information content (AvgIpc) is 2.69. The fourth-order valence-electron chi connectivity index (χ4n) is 2.75. The number of hydrogen-bond acceptors (Lipinski definition) is 4. The van der Waals surface area contributed by atoms with Crippen molar-refractivity contribution in [1.82, 2.24) is 5.43 Å². The minimum absolute atomic E-state index is 0.147. The van der Waals surface area contributed by atoms with Crippen molar-refractivity contribution in [1.29, 1.82) is 0 Å². The zero-order chi connectivity index (χ0) is 19.1. The molecule has 3 aromatic rings. The molecule has 0 aliphatic heterocycles. The average molecular weight is 361 g/mol. The van der Waals surface area contributed by atoms with Crippen molar-refractivity contribution in [2.24, 2.45) is 5.10 Å². The Hall–Kier alpha value is -3.34. The Balaban J connectivity index is 1.67. The summed E-state index contributed by atoms with van der Waals surface area (Å²) in [7, 11) is 0. The minimum atomic E-state index is -0.218. The van der Waals surface area contributed by atoms with Gasteiger partial charge >= 0.3 is 0 Å². The molecule has 0 fully saturated rings. The van der Waals surface area contributed by atoms with Gasteiger partial charge < -0.3 is 10.1 Å². The molecular weight excluding hydrogens is 338 g/mol. The highest BCUT2D eigenvalue weighted by Gasteiger charge is 2.07. The van der Waals surface area contributed by atoms with Crippen LogP contribution in [0.4, 0.5) is 5.69 Å². The number of amides is 1. The maximum Gasteiger partial charge on any atom is 0.259 e. The van der Waals surface area contributed by atoms with Crippen LogP contribution in [0.5, 0.6) is 5.75 Å². The summed E-state index contributed by atoms with van der Waals surface area (Å²) in [5.74, 6) is 0.525. The monoisotopic (exact) mass is 361 g/mol. The van der Waals surface area contributed by atoms with Crippen LogP contribution in [-0.2, 0) is 4.79 Å². The molecule has 5 heteroatoms. The summed E-state index contributed by atoms with van der Waals surface area (Å²) in [6.45, 7) is 4.67. The van der Waals surface area contributed by atoms with Gasteiger partial charge in [0, 0.05) is 11.3 Å². The van der Waals surface area contributed by atoms with Crippen LogP contribution in [0.1, 0.15) is 18.1 Å². The fourth-order valence-corrected chi connectivity index (χ4v) is 2.75. The van der Waals surface area contributed by atoms with Crippen LogP contribution in [0.3, 0.4) is 0 Å². The summed E-state index contributed by atoms with van der Waals surface area (Å²) in [4.78, 5) is 12.0. The first-order chi connectivity index (χ1) is 13.2. The third-order valence-corrected chi connectivity index (χ3v) is 4.12. The standard InChI is InChI=1S/C22H23N3O2/c1-3-27-21-13-10-17-6-4-5-7-19(17)20(21)14-24-25-22(26)15-23-18-11-8-16(2)9-12-18/h4-14,23H,3,15H2,1-2H3,(H,25,26)/b24-14-. The van der Waals surface area contributed by atoms with E-state index < -0.39 is 0 Å². The van der Waals surface area contributed by atoms with E-state index in [1.807, 2.05) is 74.5 Å². The van der Waals surface area contributed by atoms with E-state index in [-0.39, 0.29) is 12.5 Å². The quantitative estimate of drug-likeness (QED) is 0.492. The molecule has 0 saturated carbocycles. The first-order valence-corrected chi connectivity index (χ1v) is 8.94. The Labute approximate surface area is 159 Å². The number of carbonyl (C=O) groups excluding carboxylic acids is 1. The maximum absolute atomic E-state index is 12.0. The lowest BCUT2D eigenvalue weighted by molar-refractivity contribution is -0.119. The van der Waals surface area contributed by atoms with Crippen LogP contribution in [-0.4, -0.2) is 25.3 Å². The molecule has 0 aliphatic rings. The summed E-state index contributed by atoms with van der Waals surface area (Å²) in [5, 5.41) is 9.31. The van der Waals surface area contributed by atoms with E-state index in [2.05, 4.69) is 15.8 Å². The molecule has 27 heavy (non-hydrogen) atoms. The van der Waals surface area contributed by atoms with Gasteiger partial charge in [0.1, 0.15) is 5.75 Å². The van der Waals surface area contributed by atoms with Crippen molar-refractivity contribution < 1.29 is 9.53 Å². The minimum Gasteiger partial charge on any atom is -0.493 e. The van der Waals surface area contributed by atoms with Crippen molar-refractivity contribution in [3.05, 3.63) is 71.8 Å². The second-order valence-electron chi connectivity index (χ2n) is 6.14. The van der Waals surface area contributed by atoms with E-state index in [0.29, 0.717) is 6.61 Å². The number of hydrogen-bond donors (Lipinski definition) is 2. The summed E-state index contributed by atoms with van der Waals surface area (Å²) in [6, 6.07) is 19.8. The van der Waals surface area contributed by atoms with Crippen molar-refractivity contribution in [2.45, 2.75) is 13.8 Å². The fraction of sp³-hybridized carbons (Fsp3) is 0.182. The number of aryl methyl sites for hydroxylation is 1. The highest BCUT2D eigenvalue weighted by atomic mass is 16.5.